The minimum atomic E-state index is -0.0533. The van der Waals surface area contributed by atoms with Gasteiger partial charge in [0.2, 0.25) is 11.9 Å². The van der Waals surface area contributed by atoms with Gasteiger partial charge in [-0.1, -0.05) is 0 Å². The van der Waals surface area contributed by atoms with Crippen molar-refractivity contribution in [2.24, 2.45) is 5.84 Å². The van der Waals surface area contributed by atoms with Crippen LogP contribution in [0.4, 0.5) is 11.9 Å². The zero-order chi connectivity index (χ0) is 15.1. The van der Waals surface area contributed by atoms with Crippen LogP contribution in [0, 0.1) is 11.3 Å². The third kappa shape index (κ3) is 4.51. The molecule has 0 unspecified atom stereocenters. The second kappa shape index (κ2) is 7.45. The number of nitrogens with two attached hydrogens (primary N) is 1. The summed E-state index contributed by atoms with van der Waals surface area (Å²) < 4.78 is 5.48. The van der Waals surface area contributed by atoms with Gasteiger partial charge in [0.05, 0.1) is 18.6 Å². The fraction of sp³-hybridized carbons (Fsp3) is 0.667. The third-order valence-electron chi connectivity index (χ3n) is 2.42. The summed E-state index contributed by atoms with van der Waals surface area (Å²) >= 11 is 0. The Morgan fingerprint density at radius 2 is 2.00 bits per heavy atom. The first-order valence-electron chi connectivity index (χ1n) is 6.50. The Hall–Kier alpha value is -2.14. The fourth-order valence-electron chi connectivity index (χ4n) is 1.56. The maximum atomic E-state index is 8.73. The molecule has 1 heterocycles. The summed E-state index contributed by atoms with van der Waals surface area (Å²) in [5, 5.41) is 8.73. The first kappa shape index (κ1) is 15.9. The Balaban J connectivity index is 3.09. The van der Waals surface area contributed by atoms with Crippen LogP contribution in [0.1, 0.15) is 34.1 Å². The Morgan fingerprint density at radius 1 is 1.30 bits per heavy atom. The molecule has 0 atom stereocenters. The van der Waals surface area contributed by atoms with Crippen molar-refractivity contribution in [1.82, 2.24) is 15.0 Å². The molecule has 8 heteroatoms. The van der Waals surface area contributed by atoms with E-state index in [0.717, 1.165) is 0 Å². The number of rotatable bonds is 7. The van der Waals surface area contributed by atoms with Crippen molar-refractivity contribution in [3.63, 3.8) is 0 Å². The quantitative estimate of drug-likeness (QED) is 0.563. The van der Waals surface area contributed by atoms with Gasteiger partial charge in [-0.3, -0.25) is 5.43 Å². The normalized spacial score (nSPS) is 10.5. The number of hydrogen-bond acceptors (Lipinski definition) is 8. The van der Waals surface area contributed by atoms with Gasteiger partial charge in [0.1, 0.15) is 0 Å². The lowest BCUT2D eigenvalue weighted by Crippen LogP contribution is -2.34. The van der Waals surface area contributed by atoms with Crippen LogP contribution in [-0.2, 0) is 0 Å². The van der Waals surface area contributed by atoms with Gasteiger partial charge in [-0.2, -0.15) is 20.2 Å². The minimum absolute atomic E-state index is 0.0533. The Kier molecular flexibility index (Phi) is 5.93. The predicted octanol–water partition coefficient (Wildman–Crippen LogP) is 1.07. The molecule has 1 rings (SSSR count). The molecule has 0 aliphatic carbocycles. The highest BCUT2D eigenvalue weighted by molar-refractivity contribution is 5.38. The first-order valence-corrected chi connectivity index (χ1v) is 6.50. The summed E-state index contributed by atoms with van der Waals surface area (Å²) in [6.45, 7) is 8.30. The van der Waals surface area contributed by atoms with Crippen molar-refractivity contribution in [3.05, 3.63) is 0 Å². The van der Waals surface area contributed by atoms with Gasteiger partial charge in [0.25, 0.3) is 0 Å². The average molecular weight is 279 g/mol. The SMILES string of the molecule is CC(C)Oc1nc(NN)nc(N(CCC#N)C(C)C)n1. The van der Waals surface area contributed by atoms with E-state index >= 15 is 0 Å². The molecule has 110 valence electrons. The van der Waals surface area contributed by atoms with Gasteiger partial charge in [0, 0.05) is 12.6 Å². The van der Waals surface area contributed by atoms with Gasteiger partial charge < -0.3 is 9.64 Å². The second-order valence-electron chi connectivity index (χ2n) is 4.75. The van der Waals surface area contributed by atoms with Crippen molar-refractivity contribution < 1.29 is 4.74 Å². The average Bonchev–Trinajstić information content (AvgIpc) is 2.37. The molecule has 0 aliphatic heterocycles. The summed E-state index contributed by atoms with van der Waals surface area (Å²) in [6, 6.07) is 2.46. The summed E-state index contributed by atoms with van der Waals surface area (Å²) in [5.41, 5.74) is 2.40. The molecule has 8 nitrogen and oxygen atoms in total. The molecule has 0 radical (unpaired) electrons. The monoisotopic (exact) mass is 279 g/mol. The standard InChI is InChI=1S/C12H21N7O/c1-8(2)19(7-5-6-13)11-15-10(18-14)16-12(17-11)20-9(3)4/h8-9H,5,7,14H2,1-4H3,(H,15,16,17,18). The van der Waals surface area contributed by atoms with E-state index in [-0.39, 0.29) is 24.1 Å². The van der Waals surface area contributed by atoms with E-state index in [9.17, 15) is 0 Å². The fourth-order valence-corrected chi connectivity index (χ4v) is 1.56. The number of nitrogens with one attached hydrogen (secondary N) is 1. The van der Waals surface area contributed by atoms with Crippen molar-refractivity contribution in [2.75, 3.05) is 16.9 Å². The number of nitriles is 1. The Labute approximate surface area is 119 Å². The summed E-state index contributed by atoms with van der Waals surface area (Å²) in [4.78, 5) is 14.4. The van der Waals surface area contributed by atoms with Crippen LogP contribution in [0.15, 0.2) is 0 Å². The van der Waals surface area contributed by atoms with Crippen molar-refractivity contribution in [1.29, 1.82) is 5.26 Å². The van der Waals surface area contributed by atoms with E-state index in [2.05, 4.69) is 26.4 Å². The van der Waals surface area contributed by atoms with Crippen LogP contribution in [-0.4, -0.2) is 33.6 Å². The molecule has 0 bridgehead atoms. The van der Waals surface area contributed by atoms with E-state index < -0.39 is 0 Å². The molecule has 0 saturated heterocycles. The molecular weight excluding hydrogens is 258 g/mol. The van der Waals surface area contributed by atoms with Crippen LogP contribution in [0.25, 0.3) is 0 Å². The van der Waals surface area contributed by atoms with Gasteiger partial charge in [0.15, 0.2) is 0 Å². The number of anilines is 2. The molecule has 0 saturated carbocycles. The highest BCUT2D eigenvalue weighted by atomic mass is 16.5. The molecule has 1 aromatic heterocycles. The summed E-state index contributed by atoms with van der Waals surface area (Å²) in [6.07, 6.45) is 0.331. The lowest BCUT2D eigenvalue weighted by Gasteiger charge is -2.26. The maximum Gasteiger partial charge on any atom is 0.323 e. The summed E-state index contributed by atoms with van der Waals surface area (Å²) in [5.74, 6) is 6.03. The highest BCUT2D eigenvalue weighted by Crippen LogP contribution is 2.17. The van der Waals surface area contributed by atoms with E-state index in [1.165, 1.54) is 0 Å². The molecule has 1 aromatic rings. The van der Waals surface area contributed by atoms with Gasteiger partial charge in [-0.05, 0) is 27.7 Å². The number of aromatic nitrogens is 3. The topological polar surface area (TPSA) is 113 Å². The molecule has 0 aromatic carbocycles. The van der Waals surface area contributed by atoms with Gasteiger partial charge in [-0.25, -0.2) is 5.84 Å². The molecule has 0 amide bonds. The highest BCUT2D eigenvalue weighted by Gasteiger charge is 2.17. The van der Waals surface area contributed by atoms with E-state index in [4.69, 9.17) is 15.8 Å². The van der Waals surface area contributed by atoms with Crippen LogP contribution < -0.4 is 20.9 Å². The number of ether oxygens (including phenoxy) is 1. The molecule has 3 N–H and O–H groups in total. The molecule has 0 aliphatic rings. The number of nitrogen functional groups attached to an aromatic ring is 1. The van der Waals surface area contributed by atoms with Crippen LogP contribution in [0.3, 0.4) is 0 Å². The first-order chi connectivity index (χ1) is 9.47. The van der Waals surface area contributed by atoms with Crippen LogP contribution >= 0.6 is 0 Å². The van der Waals surface area contributed by atoms with Crippen LogP contribution in [0.2, 0.25) is 0 Å². The molecular formula is C12H21N7O. The summed E-state index contributed by atoms with van der Waals surface area (Å²) in [7, 11) is 0. The molecule has 0 fully saturated rings. The lowest BCUT2D eigenvalue weighted by molar-refractivity contribution is 0.222. The largest absolute Gasteiger partial charge is 0.461 e. The molecule has 0 spiro atoms. The Bertz CT molecular complexity index is 469. The van der Waals surface area contributed by atoms with E-state index in [1.807, 2.05) is 32.6 Å². The van der Waals surface area contributed by atoms with Crippen molar-refractivity contribution in [2.45, 2.75) is 46.3 Å². The zero-order valence-corrected chi connectivity index (χ0v) is 12.3. The Morgan fingerprint density at radius 3 is 2.50 bits per heavy atom. The number of nitrogens with zero attached hydrogens (tertiary/aromatic N) is 5. The third-order valence-corrected chi connectivity index (χ3v) is 2.42. The maximum absolute atomic E-state index is 8.73. The van der Waals surface area contributed by atoms with E-state index in [0.29, 0.717) is 18.9 Å². The van der Waals surface area contributed by atoms with Gasteiger partial charge >= 0.3 is 6.01 Å². The van der Waals surface area contributed by atoms with Crippen molar-refractivity contribution in [3.8, 4) is 12.1 Å². The lowest BCUT2D eigenvalue weighted by atomic mass is 10.3. The minimum Gasteiger partial charge on any atom is -0.461 e. The second-order valence-corrected chi connectivity index (χ2v) is 4.75. The number of hydrogen-bond donors (Lipinski definition) is 2. The number of hydrazine groups is 1. The van der Waals surface area contributed by atoms with Gasteiger partial charge in [-0.15, -0.1) is 0 Å². The van der Waals surface area contributed by atoms with Crippen LogP contribution in [0.5, 0.6) is 6.01 Å². The van der Waals surface area contributed by atoms with E-state index in [1.54, 1.807) is 0 Å². The predicted molar refractivity (Wildman–Crippen MR) is 76.1 cm³/mol. The molecule has 20 heavy (non-hydrogen) atoms. The zero-order valence-electron chi connectivity index (χ0n) is 12.3. The van der Waals surface area contributed by atoms with Crippen molar-refractivity contribution >= 4 is 11.9 Å². The smallest absolute Gasteiger partial charge is 0.323 e.